The molecule has 1 N–H and O–H groups in total. The molecule has 2 aromatic heterocycles. The molecule has 136 valence electrons. The van der Waals surface area contributed by atoms with Gasteiger partial charge < -0.3 is 19.2 Å². The molecule has 0 aliphatic rings. The van der Waals surface area contributed by atoms with Gasteiger partial charge in [0.25, 0.3) is 5.91 Å². The molecule has 0 fully saturated rings. The zero-order valence-electron chi connectivity index (χ0n) is 15.2. The van der Waals surface area contributed by atoms with Crippen LogP contribution in [-0.4, -0.2) is 25.0 Å². The van der Waals surface area contributed by atoms with Crippen molar-refractivity contribution in [3.8, 4) is 17.2 Å². The summed E-state index contributed by atoms with van der Waals surface area (Å²) in [5.41, 5.74) is 1.95. The largest absolute Gasteiger partial charge is 0.497 e. The van der Waals surface area contributed by atoms with Gasteiger partial charge in [0.15, 0.2) is 0 Å². The zero-order valence-corrected chi connectivity index (χ0v) is 15.2. The van der Waals surface area contributed by atoms with E-state index in [1.54, 1.807) is 39.4 Å². The van der Waals surface area contributed by atoms with Crippen molar-refractivity contribution in [2.24, 2.45) is 0 Å². The minimum Gasteiger partial charge on any atom is -0.497 e. The van der Waals surface area contributed by atoms with Crippen LogP contribution in [0.25, 0.3) is 21.9 Å². The first-order valence-electron chi connectivity index (χ1n) is 8.46. The maximum absolute atomic E-state index is 12.1. The van der Waals surface area contributed by atoms with Gasteiger partial charge in [0.2, 0.25) is 0 Å². The van der Waals surface area contributed by atoms with Crippen molar-refractivity contribution in [2.45, 2.75) is 6.92 Å². The molecule has 1 amide bonds. The number of carbonyl (C=O) groups is 1. The number of pyridine rings is 1. The van der Waals surface area contributed by atoms with E-state index in [4.69, 9.17) is 13.9 Å². The maximum atomic E-state index is 12.1. The van der Waals surface area contributed by atoms with Crippen molar-refractivity contribution in [2.75, 3.05) is 14.2 Å². The van der Waals surface area contributed by atoms with E-state index in [1.807, 2.05) is 30.3 Å². The van der Waals surface area contributed by atoms with Crippen LogP contribution in [0.1, 0.15) is 16.1 Å². The van der Waals surface area contributed by atoms with E-state index >= 15 is 0 Å². The highest BCUT2D eigenvalue weighted by molar-refractivity contribution is 6.07. The number of amides is 1. The summed E-state index contributed by atoms with van der Waals surface area (Å²) < 4.78 is 17.1. The van der Waals surface area contributed by atoms with Gasteiger partial charge >= 0.3 is 0 Å². The van der Waals surface area contributed by atoms with Crippen LogP contribution in [0, 0.1) is 6.92 Å². The Balaban J connectivity index is 1.76. The minimum atomic E-state index is -0.174. The molecule has 0 atom stereocenters. The summed E-state index contributed by atoms with van der Waals surface area (Å²) in [6.45, 7) is 1.77. The number of ether oxygens (including phenoxy) is 2. The van der Waals surface area contributed by atoms with Gasteiger partial charge in [0.05, 0.1) is 18.2 Å². The van der Waals surface area contributed by atoms with E-state index in [0.29, 0.717) is 28.4 Å². The van der Waals surface area contributed by atoms with Gasteiger partial charge in [0.1, 0.15) is 28.6 Å². The Labute approximate surface area is 155 Å². The number of hydrogen-bond acceptors (Lipinski definition) is 5. The molecule has 0 aliphatic heterocycles. The van der Waals surface area contributed by atoms with Crippen LogP contribution in [0.4, 0.5) is 0 Å². The fraction of sp³-hybridized carbons (Fsp3) is 0.143. The van der Waals surface area contributed by atoms with Crippen molar-refractivity contribution >= 4 is 27.8 Å². The number of methoxy groups -OCH3 is 1. The highest BCUT2D eigenvalue weighted by Crippen LogP contribution is 2.34. The molecule has 4 aromatic rings. The molecule has 0 saturated carbocycles. The molecule has 6 nitrogen and oxygen atoms in total. The fourth-order valence-corrected chi connectivity index (χ4v) is 3.11. The van der Waals surface area contributed by atoms with E-state index in [1.165, 1.54) is 0 Å². The first-order chi connectivity index (χ1) is 13.1. The first kappa shape index (κ1) is 16.9. The molecule has 0 bridgehead atoms. The van der Waals surface area contributed by atoms with Crippen LogP contribution in [0.15, 0.2) is 53.1 Å². The Kier molecular flexibility index (Phi) is 4.16. The zero-order chi connectivity index (χ0) is 19.0. The monoisotopic (exact) mass is 362 g/mol. The normalized spacial score (nSPS) is 10.9. The van der Waals surface area contributed by atoms with Gasteiger partial charge in [-0.1, -0.05) is 0 Å². The summed E-state index contributed by atoms with van der Waals surface area (Å²) in [5, 5.41) is 4.23. The standard InChI is InChI=1S/C21H18N2O4/c1-12-20(21(24)22-2)15-6-4-14(11-19(15)26-12)27-18-8-9-23-17-7-5-13(25-3)10-16(17)18/h4-11H,1-3H3,(H,22,24). The van der Waals surface area contributed by atoms with Crippen molar-refractivity contribution in [1.82, 2.24) is 10.3 Å². The van der Waals surface area contributed by atoms with Crippen molar-refractivity contribution in [3.63, 3.8) is 0 Å². The summed E-state index contributed by atoms with van der Waals surface area (Å²) in [4.78, 5) is 16.4. The Morgan fingerprint density at radius 1 is 1.07 bits per heavy atom. The summed E-state index contributed by atoms with van der Waals surface area (Å²) in [5.74, 6) is 2.39. The Hall–Kier alpha value is -3.54. The second-order valence-corrected chi connectivity index (χ2v) is 6.06. The lowest BCUT2D eigenvalue weighted by Crippen LogP contribution is -2.18. The molecule has 27 heavy (non-hydrogen) atoms. The summed E-state index contributed by atoms with van der Waals surface area (Å²) in [6.07, 6.45) is 1.70. The lowest BCUT2D eigenvalue weighted by molar-refractivity contribution is 0.0963. The number of benzene rings is 2. The number of aromatic nitrogens is 1. The van der Waals surface area contributed by atoms with E-state index in [9.17, 15) is 4.79 Å². The number of hydrogen-bond donors (Lipinski definition) is 1. The van der Waals surface area contributed by atoms with Crippen LogP contribution in [0.2, 0.25) is 0 Å². The Morgan fingerprint density at radius 3 is 2.67 bits per heavy atom. The third-order valence-electron chi connectivity index (χ3n) is 4.43. The molecule has 0 saturated heterocycles. The molecular formula is C21H18N2O4. The van der Waals surface area contributed by atoms with Gasteiger partial charge in [0, 0.05) is 30.1 Å². The summed E-state index contributed by atoms with van der Waals surface area (Å²) >= 11 is 0. The molecule has 6 heteroatoms. The number of carbonyl (C=O) groups excluding carboxylic acids is 1. The summed E-state index contributed by atoms with van der Waals surface area (Å²) in [7, 11) is 3.22. The minimum absolute atomic E-state index is 0.174. The molecule has 2 aromatic carbocycles. The second kappa shape index (κ2) is 6.64. The predicted molar refractivity (Wildman–Crippen MR) is 103 cm³/mol. The van der Waals surface area contributed by atoms with Gasteiger partial charge in [-0.15, -0.1) is 0 Å². The SMILES string of the molecule is CNC(=O)c1c(C)oc2cc(Oc3ccnc4ccc(OC)cc34)ccc12. The van der Waals surface area contributed by atoms with Crippen LogP contribution in [0.5, 0.6) is 17.2 Å². The number of nitrogens with zero attached hydrogens (tertiary/aromatic N) is 1. The molecule has 0 unspecified atom stereocenters. The first-order valence-corrected chi connectivity index (χ1v) is 8.46. The van der Waals surface area contributed by atoms with E-state index in [2.05, 4.69) is 10.3 Å². The lowest BCUT2D eigenvalue weighted by Gasteiger charge is -2.09. The van der Waals surface area contributed by atoms with Crippen LogP contribution in [-0.2, 0) is 0 Å². The number of fused-ring (bicyclic) bond motifs is 2. The molecule has 0 spiro atoms. The topological polar surface area (TPSA) is 73.6 Å². The Bertz CT molecular complexity index is 1160. The van der Waals surface area contributed by atoms with Gasteiger partial charge in [-0.25, -0.2) is 0 Å². The van der Waals surface area contributed by atoms with Crippen molar-refractivity contribution in [3.05, 3.63) is 60.0 Å². The van der Waals surface area contributed by atoms with Crippen LogP contribution in [0.3, 0.4) is 0 Å². The number of aryl methyl sites for hydroxylation is 1. The second-order valence-electron chi connectivity index (χ2n) is 6.06. The van der Waals surface area contributed by atoms with Gasteiger partial charge in [-0.2, -0.15) is 0 Å². The van der Waals surface area contributed by atoms with Crippen LogP contribution < -0.4 is 14.8 Å². The molecule has 4 rings (SSSR count). The number of rotatable bonds is 4. The Morgan fingerprint density at radius 2 is 1.89 bits per heavy atom. The average molecular weight is 362 g/mol. The molecular weight excluding hydrogens is 344 g/mol. The highest BCUT2D eigenvalue weighted by atomic mass is 16.5. The summed E-state index contributed by atoms with van der Waals surface area (Å²) in [6, 6.07) is 12.9. The van der Waals surface area contributed by atoms with Gasteiger partial charge in [-0.05, 0) is 43.3 Å². The molecule has 0 aliphatic carbocycles. The van der Waals surface area contributed by atoms with E-state index in [0.717, 1.165) is 22.0 Å². The molecule has 2 heterocycles. The highest BCUT2D eigenvalue weighted by Gasteiger charge is 2.17. The van der Waals surface area contributed by atoms with Gasteiger partial charge in [-0.3, -0.25) is 9.78 Å². The third kappa shape index (κ3) is 2.95. The van der Waals surface area contributed by atoms with Crippen molar-refractivity contribution in [1.29, 1.82) is 0 Å². The fourth-order valence-electron chi connectivity index (χ4n) is 3.11. The number of nitrogens with one attached hydrogen (secondary N) is 1. The average Bonchev–Trinajstić information content (AvgIpc) is 3.02. The number of furan rings is 1. The smallest absolute Gasteiger partial charge is 0.255 e. The maximum Gasteiger partial charge on any atom is 0.255 e. The molecule has 0 radical (unpaired) electrons. The quantitative estimate of drug-likeness (QED) is 0.581. The van der Waals surface area contributed by atoms with Crippen LogP contribution >= 0.6 is 0 Å². The van der Waals surface area contributed by atoms with E-state index < -0.39 is 0 Å². The van der Waals surface area contributed by atoms with Crippen molar-refractivity contribution < 1.29 is 18.7 Å². The third-order valence-corrected chi connectivity index (χ3v) is 4.43. The predicted octanol–water partition coefficient (Wildman–Crippen LogP) is 4.45. The van der Waals surface area contributed by atoms with E-state index in [-0.39, 0.29) is 5.91 Å². The lowest BCUT2D eigenvalue weighted by atomic mass is 10.1.